The molecule has 0 aliphatic carbocycles. The molecule has 1 N–H and O–H groups in total. The molecule has 0 radical (unpaired) electrons. The number of nitrogens with zero attached hydrogens (tertiary/aromatic N) is 2. The molecule has 1 aliphatic rings. The highest BCUT2D eigenvalue weighted by Crippen LogP contribution is 2.34. The highest BCUT2D eigenvalue weighted by molar-refractivity contribution is 5.67. The van der Waals surface area contributed by atoms with E-state index in [0.29, 0.717) is 37.2 Å². The van der Waals surface area contributed by atoms with E-state index in [2.05, 4.69) is 0 Å². The second-order valence-corrected chi connectivity index (χ2v) is 5.38. The van der Waals surface area contributed by atoms with E-state index in [-0.39, 0.29) is 18.0 Å². The summed E-state index contributed by atoms with van der Waals surface area (Å²) in [6.07, 6.45) is 1.46. The van der Waals surface area contributed by atoms with Gasteiger partial charge in [0.15, 0.2) is 0 Å². The SMILES string of the molecule is Cc1cc(N2CCC(CC(=O)O)CC2)c([N+](=O)[O-])cc1F. The number of halogens is 1. The number of aliphatic carboxylic acids is 1. The zero-order valence-electron chi connectivity index (χ0n) is 11.7. The maximum Gasteiger partial charge on any atom is 0.303 e. The van der Waals surface area contributed by atoms with Crippen molar-refractivity contribution in [1.29, 1.82) is 0 Å². The van der Waals surface area contributed by atoms with Crippen molar-refractivity contribution in [1.82, 2.24) is 0 Å². The monoisotopic (exact) mass is 296 g/mol. The summed E-state index contributed by atoms with van der Waals surface area (Å²) in [7, 11) is 0. The van der Waals surface area contributed by atoms with Crippen LogP contribution in [0.4, 0.5) is 15.8 Å². The number of nitro benzene ring substituents is 1. The number of nitro groups is 1. The van der Waals surface area contributed by atoms with E-state index >= 15 is 0 Å². The second-order valence-electron chi connectivity index (χ2n) is 5.38. The van der Waals surface area contributed by atoms with Crippen LogP contribution in [0.1, 0.15) is 24.8 Å². The van der Waals surface area contributed by atoms with Crippen LogP contribution < -0.4 is 4.90 Å². The summed E-state index contributed by atoms with van der Waals surface area (Å²) in [5.74, 6) is -1.32. The highest BCUT2D eigenvalue weighted by atomic mass is 19.1. The third kappa shape index (κ3) is 3.48. The van der Waals surface area contributed by atoms with E-state index in [1.165, 1.54) is 6.07 Å². The fourth-order valence-corrected chi connectivity index (χ4v) is 2.68. The van der Waals surface area contributed by atoms with Crippen LogP contribution in [0.5, 0.6) is 0 Å². The van der Waals surface area contributed by atoms with Crippen LogP contribution in [-0.4, -0.2) is 29.1 Å². The van der Waals surface area contributed by atoms with Crippen molar-refractivity contribution in [3.05, 3.63) is 33.6 Å². The van der Waals surface area contributed by atoms with Gasteiger partial charge in [0.25, 0.3) is 5.69 Å². The Bertz CT molecular complexity index is 568. The Hall–Kier alpha value is -2.18. The Balaban J connectivity index is 2.18. The van der Waals surface area contributed by atoms with Crippen LogP contribution in [0.15, 0.2) is 12.1 Å². The number of carboxylic acids is 1. The molecular formula is C14H17FN2O4. The molecule has 1 fully saturated rings. The lowest BCUT2D eigenvalue weighted by Crippen LogP contribution is -2.34. The van der Waals surface area contributed by atoms with Crippen molar-refractivity contribution in [3.63, 3.8) is 0 Å². The lowest BCUT2D eigenvalue weighted by atomic mass is 9.93. The van der Waals surface area contributed by atoms with Crippen molar-refractivity contribution in [2.45, 2.75) is 26.2 Å². The van der Waals surface area contributed by atoms with Gasteiger partial charge in [-0.25, -0.2) is 4.39 Å². The van der Waals surface area contributed by atoms with Crippen LogP contribution in [0, 0.1) is 28.8 Å². The number of aryl methyl sites for hydroxylation is 1. The molecule has 114 valence electrons. The van der Waals surface area contributed by atoms with Gasteiger partial charge in [0.05, 0.1) is 11.0 Å². The molecule has 1 aromatic rings. The maximum absolute atomic E-state index is 13.5. The Morgan fingerprint density at radius 3 is 2.62 bits per heavy atom. The molecule has 1 saturated heterocycles. The fraction of sp³-hybridized carbons (Fsp3) is 0.500. The number of carbonyl (C=O) groups is 1. The average Bonchev–Trinajstić information content (AvgIpc) is 2.41. The zero-order chi connectivity index (χ0) is 15.6. The summed E-state index contributed by atoms with van der Waals surface area (Å²) in [5, 5.41) is 19.9. The summed E-state index contributed by atoms with van der Waals surface area (Å²) in [5.41, 5.74) is 0.533. The van der Waals surface area contributed by atoms with Gasteiger partial charge in [-0.05, 0) is 37.3 Å². The molecule has 7 heteroatoms. The highest BCUT2D eigenvalue weighted by Gasteiger charge is 2.27. The zero-order valence-corrected chi connectivity index (χ0v) is 11.7. The van der Waals surface area contributed by atoms with E-state index in [0.717, 1.165) is 6.07 Å². The van der Waals surface area contributed by atoms with Gasteiger partial charge in [0.1, 0.15) is 11.5 Å². The number of carboxylic acid groups (broad SMARTS) is 1. The quantitative estimate of drug-likeness (QED) is 0.682. The number of hydrogen-bond donors (Lipinski definition) is 1. The predicted octanol–water partition coefficient (Wildman–Crippen LogP) is 2.73. The lowest BCUT2D eigenvalue weighted by Gasteiger charge is -2.32. The lowest BCUT2D eigenvalue weighted by molar-refractivity contribution is -0.384. The topological polar surface area (TPSA) is 83.7 Å². The van der Waals surface area contributed by atoms with E-state index in [9.17, 15) is 19.3 Å². The molecule has 0 aromatic heterocycles. The third-order valence-corrected chi connectivity index (χ3v) is 3.87. The molecule has 6 nitrogen and oxygen atoms in total. The molecule has 0 spiro atoms. The van der Waals surface area contributed by atoms with Crippen LogP contribution in [0.25, 0.3) is 0 Å². The Labute approximate surface area is 121 Å². The van der Waals surface area contributed by atoms with Gasteiger partial charge < -0.3 is 10.0 Å². The van der Waals surface area contributed by atoms with Gasteiger partial charge in [-0.1, -0.05) is 0 Å². The van der Waals surface area contributed by atoms with Crippen molar-refractivity contribution in [3.8, 4) is 0 Å². The summed E-state index contributed by atoms with van der Waals surface area (Å²) in [6.45, 7) is 2.66. The molecular weight excluding hydrogens is 279 g/mol. The normalized spacial score (nSPS) is 16.0. The average molecular weight is 296 g/mol. The van der Waals surface area contributed by atoms with Crippen molar-refractivity contribution >= 4 is 17.3 Å². The fourth-order valence-electron chi connectivity index (χ4n) is 2.68. The molecule has 0 saturated carbocycles. The molecule has 1 heterocycles. The molecule has 0 atom stereocenters. The number of hydrogen-bond acceptors (Lipinski definition) is 4. The van der Waals surface area contributed by atoms with E-state index in [1.54, 1.807) is 6.92 Å². The van der Waals surface area contributed by atoms with Gasteiger partial charge in [-0.3, -0.25) is 14.9 Å². The van der Waals surface area contributed by atoms with Gasteiger partial charge in [0.2, 0.25) is 0 Å². The Morgan fingerprint density at radius 2 is 2.10 bits per heavy atom. The van der Waals surface area contributed by atoms with Crippen LogP contribution >= 0.6 is 0 Å². The smallest absolute Gasteiger partial charge is 0.303 e. The first-order valence-corrected chi connectivity index (χ1v) is 6.79. The van der Waals surface area contributed by atoms with Crippen molar-refractivity contribution < 1.29 is 19.2 Å². The van der Waals surface area contributed by atoms with Crippen LogP contribution in [0.2, 0.25) is 0 Å². The first kappa shape index (κ1) is 15.2. The maximum atomic E-state index is 13.5. The number of anilines is 1. The molecule has 2 rings (SSSR count). The van der Waals surface area contributed by atoms with Crippen LogP contribution in [0.3, 0.4) is 0 Å². The first-order chi connectivity index (χ1) is 9.88. The van der Waals surface area contributed by atoms with Gasteiger partial charge in [-0.2, -0.15) is 0 Å². The largest absolute Gasteiger partial charge is 0.481 e. The minimum absolute atomic E-state index is 0.0966. The summed E-state index contributed by atoms with van der Waals surface area (Å²) in [6, 6.07) is 2.44. The van der Waals surface area contributed by atoms with E-state index < -0.39 is 16.7 Å². The van der Waals surface area contributed by atoms with Crippen molar-refractivity contribution in [2.24, 2.45) is 5.92 Å². The molecule has 1 aromatic carbocycles. The molecule has 0 bridgehead atoms. The molecule has 1 aliphatic heterocycles. The number of benzene rings is 1. The molecule has 0 amide bonds. The Morgan fingerprint density at radius 1 is 1.48 bits per heavy atom. The van der Waals surface area contributed by atoms with Gasteiger partial charge in [-0.15, -0.1) is 0 Å². The van der Waals surface area contributed by atoms with Gasteiger partial charge in [0, 0.05) is 19.5 Å². The van der Waals surface area contributed by atoms with E-state index in [1.807, 2.05) is 4.90 Å². The third-order valence-electron chi connectivity index (χ3n) is 3.87. The first-order valence-electron chi connectivity index (χ1n) is 6.79. The van der Waals surface area contributed by atoms with Crippen LogP contribution in [-0.2, 0) is 4.79 Å². The van der Waals surface area contributed by atoms with Crippen molar-refractivity contribution in [2.75, 3.05) is 18.0 Å². The summed E-state index contributed by atoms with van der Waals surface area (Å²) < 4.78 is 13.5. The second kappa shape index (κ2) is 6.07. The summed E-state index contributed by atoms with van der Waals surface area (Å²) in [4.78, 5) is 23.0. The number of piperidine rings is 1. The molecule has 0 unspecified atom stereocenters. The van der Waals surface area contributed by atoms with E-state index in [4.69, 9.17) is 5.11 Å². The van der Waals surface area contributed by atoms with Gasteiger partial charge >= 0.3 is 5.97 Å². The number of rotatable bonds is 4. The summed E-state index contributed by atoms with van der Waals surface area (Å²) >= 11 is 0. The Kier molecular flexibility index (Phi) is 4.40. The predicted molar refractivity (Wildman–Crippen MR) is 75.0 cm³/mol. The standard InChI is InChI=1S/C14H17FN2O4/c1-9-6-12(13(17(20)21)8-11(9)15)16-4-2-10(3-5-16)7-14(18)19/h6,8,10H,2-5,7H2,1H3,(H,18,19). The minimum atomic E-state index is -0.822. The minimum Gasteiger partial charge on any atom is -0.481 e. The molecule has 21 heavy (non-hydrogen) atoms.